The number of benzene rings is 2. The Morgan fingerprint density at radius 1 is 1.00 bits per heavy atom. The van der Waals surface area contributed by atoms with E-state index in [0.717, 1.165) is 30.8 Å². The normalized spacial score (nSPS) is 15.2. The van der Waals surface area contributed by atoms with Gasteiger partial charge in [0.05, 0.1) is 0 Å². The summed E-state index contributed by atoms with van der Waals surface area (Å²) >= 11 is 12.0. The first-order valence-electron chi connectivity index (χ1n) is 7.44. The summed E-state index contributed by atoms with van der Waals surface area (Å²) in [6.07, 6.45) is 2.47. The Kier molecular flexibility index (Phi) is 4.82. The third-order valence-corrected chi connectivity index (χ3v) is 4.42. The van der Waals surface area contributed by atoms with Gasteiger partial charge in [-0.1, -0.05) is 47.5 Å². The van der Waals surface area contributed by atoms with E-state index in [1.807, 2.05) is 24.3 Å². The predicted molar refractivity (Wildman–Crippen MR) is 90.8 cm³/mol. The molecule has 1 heterocycles. The van der Waals surface area contributed by atoms with Gasteiger partial charge in [-0.25, -0.2) is 0 Å². The molecule has 2 nitrogen and oxygen atoms in total. The monoisotopic (exact) mass is 333 g/mol. The van der Waals surface area contributed by atoms with E-state index in [1.54, 1.807) is 18.2 Å². The summed E-state index contributed by atoms with van der Waals surface area (Å²) in [5.41, 5.74) is 2.32. The smallest absolute Gasteiger partial charge is 0.193 e. The molecule has 1 fully saturated rings. The molecule has 2 aromatic rings. The van der Waals surface area contributed by atoms with E-state index in [0.29, 0.717) is 15.6 Å². The Bertz CT molecular complexity index is 673. The number of hydrogen-bond acceptors (Lipinski definition) is 2. The van der Waals surface area contributed by atoms with Crippen molar-refractivity contribution in [2.24, 2.45) is 0 Å². The first kappa shape index (κ1) is 15.5. The van der Waals surface area contributed by atoms with Crippen LogP contribution >= 0.6 is 23.2 Å². The van der Waals surface area contributed by atoms with E-state index >= 15 is 0 Å². The van der Waals surface area contributed by atoms with Gasteiger partial charge in [0, 0.05) is 27.7 Å². The molecule has 0 saturated carbocycles. The van der Waals surface area contributed by atoms with Crippen LogP contribution in [-0.4, -0.2) is 23.8 Å². The van der Waals surface area contributed by atoms with Crippen LogP contribution in [0.2, 0.25) is 10.0 Å². The lowest BCUT2D eigenvalue weighted by molar-refractivity contribution is 0.103. The van der Waals surface area contributed by atoms with Gasteiger partial charge in [-0.3, -0.25) is 9.69 Å². The molecule has 4 heteroatoms. The summed E-state index contributed by atoms with van der Waals surface area (Å²) in [5.74, 6) is -0.0285. The summed E-state index contributed by atoms with van der Waals surface area (Å²) in [6, 6.07) is 12.8. The van der Waals surface area contributed by atoms with E-state index in [-0.39, 0.29) is 5.78 Å². The van der Waals surface area contributed by atoms with Gasteiger partial charge in [-0.15, -0.1) is 0 Å². The highest BCUT2D eigenvalue weighted by Crippen LogP contribution is 2.23. The zero-order valence-electron chi connectivity index (χ0n) is 12.2. The maximum absolute atomic E-state index is 12.8. The zero-order valence-corrected chi connectivity index (χ0v) is 13.7. The molecule has 0 aliphatic carbocycles. The molecule has 3 rings (SSSR count). The molecule has 0 spiro atoms. The molecule has 0 atom stereocenters. The van der Waals surface area contributed by atoms with E-state index in [2.05, 4.69) is 4.90 Å². The first-order chi connectivity index (χ1) is 10.6. The maximum Gasteiger partial charge on any atom is 0.193 e. The summed E-state index contributed by atoms with van der Waals surface area (Å²) in [5, 5.41) is 0.959. The molecule has 0 radical (unpaired) electrons. The Morgan fingerprint density at radius 3 is 2.32 bits per heavy atom. The zero-order chi connectivity index (χ0) is 15.5. The number of rotatable bonds is 4. The number of halogens is 2. The van der Waals surface area contributed by atoms with Gasteiger partial charge in [-0.05, 0) is 49.7 Å². The van der Waals surface area contributed by atoms with Gasteiger partial charge in [-0.2, -0.15) is 0 Å². The highest BCUT2D eigenvalue weighted by Gasteiger charge is 2.18. The van der Waals surface area contributed by atoms with Crippen molar-refractivity contribution in [3.05, 3.63) is 69.2 Å². The van der Waals surface area contributed by atoms with Crippen LogP contribution in [0.4, 0.5) is 0 Å². The quantitative estimate of drug-likeness (QED) is 0.747. The second-order valence-electron chi connectivity index (χ2n) is 5.63. The molecule has 0 unspecified atom stereocenters. The Hall–Kier alpha value is -1.35. The SMILES string of the molecule is O=C(c1cc(Cl)cc(Cl)c1)c1ccccc1CN1CCCC1. The molecular formula is C18H17Cl2NO. The summed E-state index contributed by atoms with van der Waals surface area (Å²) in [4.78, 5) is 15.2. The van der Waals surface area contributed by atoms with Crippen LogP contribution in [0.15, 0.2) is 42.5 Å². The maximum atomic E-state index is 12.8. The minimum absolute atomic E-state index is 0.0285. The van der Waals surface area contributed by atoms with Crippen LogP contribution in [0.3, 0.4) is 0 Å². The fourth-order valence-electron chi connectivity index (χ4n) is 2.90. The predicted octanol–water partition coefficient (Wildman–Crippen LogP) is 4.82. The number of hydrogen-bond donors (Lipinski definition) is 0. The first-order valence-corrected chi connectivity index (χ1v) is 8.20. The van der Waals surface area contributed by atoms with Crippen LogP contribution in [0.1, 0.15) is 34.3 Å². The fraction of sp³-hybridized carbons (Fsp3) is 0.278. The molecule has 2 aromatic carbocycles. The van der Waals surface area contributed by atoms with Gasteiger partial charge in [0.1, 0.15) is 0 Å². The fourth-order valence-corrected chi connectivity index (χ4v) is 3.43. The van der Waals surface area contributed by atoms with E-state index < -0.39 is 0 Å². The summed E-state index contributed by atoms with van der Waals surface area (Å²) in [7, 11) is 0. The molecule has 22 heavy (non-hydrogen) atoms. The van der Waals surface area contributed by atoms with Crippen molar-refractivity contribution in [2.75, 3.05) is 13.1 Å². The largest absolute Gasteiger partial charge is 0.299 e. The van der Waals surface area contributed by atoms with E-state index in [9.17, 15) is 4.79 Å². The van der Waals surface area contributed by atoms with Crippen molar-refractivity contribution in [3.63, 3.8) is 0 Å². The van der Waals surface area contributed by atoms with Crippen molar-refractivity contribution >= 4 is 29.0 Å². The Balaban J connectivity index is 1.91. The third-order valence-electron chi connectivity index (χ3n) is 3.98. The summed E-state index contributed by atoms with van der Waals surface area (Å²) in [6.45, 7) is 3.02. The molecule has 0 amide bonds. The topological polar surface area (TPSA) is 20.3 Å². The van der Waals surface area contributed by atoms with E-state index in [4.69, 9.17) is 23.2 Å². The molecule has 1 aliphatic heterocycles. The number of nitrogens with zero attached hydrogens (tertiary/aromatic N) is 1. The molecule has 0 bridgehead atoms. The third kappa shape index (κ3) is 3.52. The molecule has 114 valence electrons. The van der Waals surface area contributed by atoms with Crippen LogP contribution in [-0.2, 0) is 6.54 Å². The van der Waals surface area contributed by atoms with Crippen LogP contribution in [0.5, 0.6) is 0 Å². The van der Waals surface area contributed by atoms with Crippen LogP contribution < -0.4 is 0 Å². The molecule has 0 aromatic heterocycles. The van der Waals surface area contributed by atoms with Crippen molar-refractivity contribution in [2.45, 2.75) is 19.4 Å². The minimum Gasteiger partial charge on any atom is -0.299 e. The second-order valence-corrected chi connectivity index (χ2v) is 6.50. The number of likely N-dealkylation sites (tertiary alicyclic amines) is 1. The average molecular weight is 334 g/mol. The highest BCUT2D eigenvalue weighted by atomic mass is 35.5. The van der Waals surface area contributed by atoms with Crippen LogP contribution in [0.25, 0.3) is 0 Å². The van der Waals surface area contributed by atoms with Gasteiger partial charge >= 0.3 is 0 Å². The molecule has 1 saturated heterocycles. The number of ketones is 1. The van der Waals surface area contributed by atoms with Gasteiger partial charge in [0.25, 0.3) is 0 Å². The molecular weight excluding hydrogens is 317 g/mol. The van der Waals surface area contributed by atoms with Crippen molar-refractivity contribution in [3.8, 4) is 0 Å². The van der Waals surface area contributed by atoms with Gasteiger partial charge in [0.2, 0.25) is 0 Å². The minimum atomic E-state index is -0.0285. The average Bonchev–Trinajstić information content (AvgIpc) is 2.99. The Morgan fingerprint density at radius 2 is 1.64 bits per heavy atom. The van der Waals surface area contributed by atoms with Crippen molar-refractivity contribution < 1.29 is 4.79 Å². The Labute approximate surface area is 140 Å². The highest BCUT2D eigenvalue weighted by molar-refractivity contribution is 6.35. The van der Waals surface area contributed by atoms with E-state index in [1.165, 1.54) is 12.8 Å². The second kappa shape index (κ2) is 6.82. The lowest BCUT2D eigenvalue weighted by Gasteiger charge is -2.17. The van der Waals surface area contributed by atoms with Crippen LogP contribution in [0, 0.1) is 0 Å². The van der Waals surface area contributed by atoms with Crippen molar-refractivity contribution in [1.29, 1.82) is 0 Å². The number of carbonyl (C=O) groups is 1. The van der Waals surface area contributed by atoms with Crippen molar-refractivity contribution in [1.82, 2.24) is 4.90 Å². The lowest BCUT2D eigenvalue weighted by atomic mass is 9.98. The number of carbonyl (C=O) groups excluding carboxylic acids is 1. The van der Waals surface area contributed by atoms with Gasteiger partial charge < -0.3 is 0 Å². The molecule has 0 N–H and O–H groups in total. The standard InChI is InChI=1S/C18H17Cl2NO/c19-15-9-14(10-16(20)11-15)18(22)17-6-2-1-5-13(17)12-21-7-3-4-8-21/h1-2,5-6,9-11H,3-4,7-8,12H2. The molecule has 1 aliphatic rings. The lowest BCUT2D eigenvalue weighted by Crippen LogP contribution is -2.20. The van der Waals surface area contributed by atoms with Gasteiger partial charge in [0.15, 0.2) is 5.78 Å². The summed E-state index contributed by atoms with van der Waals surface area (Å²) < 4.78 is 0.